The summed E-state index contributed by atoms with van der Waals surface area (Å²) < 4.78 is 12.3. The molecule has 0 aliphatic rings. The van der Waals surface area contributed by atoms with Crippen molar-refractivity contribution in [3.8, 4) is 11.4 Å². The van der Waals surface area contributed by atoms with Crippen LogP contribution in [0.25, 0.3) is 16.6 Å². The van der Waals surface area contributed by atoms with E-state index in [1.54, 1.807) is 78.9 Å². The lowest BCUT2D eigenvalue weighted by molar-refractivity contribution is 0.0510. The maximum atomic E-state index is 13.4. The first-order valence-electron chi connectivity index (χ1n) is 11.7. The van der Waals surface area contributed by atoms with Crippen LogP contribution in [0.1, 0.15) is 24.2 Å². The minimum absolute atomic E-state index is 0.0112. The number of amides is 2. The lowest BCUT2D eigenvalue weighted by Gasteiger charge is -2.17. The van der Waals surface area contributed by atoms with E-state index in [1.165, 1.54) is 4.57 Å². The van der Waals surface area contributed by atoms with E-state index >= 15 is 0 Å². The summed E-state index contributed by atoms with van der Waals surface area (Å²) in [6.07, 6.45) is -0.0448. The molecule has 0 atom stereocenters. The molecular weight excluding hydrogens is 474 g/mol. The molecule has 4 rings (SSSR count). The Bertz CT molecular complexity index is 1450. The molecule has 190 valence electrons. The third-order valence-corrected chi connectivity index (χ3v) is 5.14. The van der Waals surface area contributed by atoms with E-state index < -0.39 is 12.0 Å². The molecule has 0 unspecified atom stereocenters. The van der Waals surface area contributed by atoms with Crippen molar-refractivity contribution < 1.29 is 19.1 Å². The van der Waals surface area contributed by atoms with Crippen LogP contribution in [0.5, 0.6) is 5.75 Å². The normalized spacial score (nSPS) is 10.7. The van der Waals surface area contributed by atoms with Crippen LogP contribution >= 0.6 is 0 Å². The number of esters is 1. The molecule has 0 aliphatic carbocycles. The monoisotopic (exact) mass is 501 g/mol. The Morgan fingerprint density at radius 3 is 2.51 bits per heavy atom. The Hall–Kier alpha value is -4.86. The first-order chi connectivity index (χ1) is 17.9. The average Bonchev–Trinajstić information content (AvgIpc) is 2.90. The van der Waals surface area contributed by atoms with Crippen molar-refractivity contribution in [2.45, 2.75) is 20.0 Å². The summed E-state index contributed by atoms with van der Waals surface area (Å²) in [5.41, 5.74) is 6.29. The standard InChI is InChI=1S/C27H27N5O5/c1-18(2)37-21-12-8-11-20(17-21)32-24(33)22-13-6-7-14-23(22)29-26(32)30-31-27(35)28-15-16-36-25(34)19-9-4-3-5-10-19/h3-14,17-18H,15-16H2,1-2H3,(H,29,30)(H2,28,31,35). The molecular formula is C27H27N5O5. The predicted molar refractivity (Wildman–Crippen MR) is 140 cm³/mol. The third kappa shape index (κ3) is 6.43. The van der Waals surface area contributed by atoms with Crippen LogP contribution in [-0.4, -0.2) is 40.8 Å². The molecule has 0 saturated carbocycles. The van der Waals surface area contributed by atoms with Crippen LogP contribution in [0, 0.1) is 0 Å². The van der Waals surface area contributed by atoms with Gasteiger partial charge in [-0.1, -0.05) is 36.4 Å². The highest BCUT2D eigenvalue weighted by atomic mass is 16.5. The fraction of sp³-hybridized carbons (Fsp3) is 0.185. The minimum atomic E-state index is -0.596. The molecule has 37 heavy (non-hydrogen) atoms. The zero-order valence-electron chi connectivity index (χ0n) is 20.4. The van der Waals surface area contributed by atoms with Gasteiger partial charge in [0, 0.05) is 6.07 Å². The second kappa shape index (κ2) is 11.7. The third-order valence-electron chi connectivity index (χ3n) is 5.14. The van der Waals surface area contributed by atoms with E-state index in [2.05, 4.69) is 21.2 Å². The van der Waals surface area contributed by atoms with Gasteiger partial charge in [0.15, 0.2) is 0 Å². The SMILES string of the molecule is CC(C)Oc1cccc(-n2c(NNC(=O)NCCOC(=O)c3ccccc3)nc3ccccc3c2=O)c1. The molecule has 1 aromatic heterocycles. The molecule has 0 fully saturated rings. The van der Waals surface area contributed by atoms with Crippen molar-refractivity contribution in [2.24, 2.45) is 0 Å². The minimum Gasteiger partial charge on any atom is -0.491 e. The smallest absolute Gasteiger partial charge is 0.338 e. The van der Waals surface area contributed by atoms with Gasteiger partial charge in [-0.15, -0.1) is 0 Å². The van der Waals surface area contributed by atoms with Gasteiger partial charge in [0.2, 0.25) is 5.95 Å². The molecule has 0 radical (unpaired) electrons. The van der Waals surface area contributed by atoms with E-state index in [0.29, 0.717) is 27.9 Å². The number of rotatable bonds is 9. The van der Waals surface area contributed by atoms with Crippen LogP contribution < -0.4 is 26.5 Å². The van der Waals surface area contributed by atoms with Crippen LogP contribution in [0.2, 0.25) is 0 Å². The lowest BCUT2D eigenvalue weighted by Crippen LogP contribution is -2.42. The van der Waals surface area contributed by atoms with Crippen LogP contribution in [0.4, 0.5) is 10.7 Å². The highest BCUT2D eigenvalue weighted by Gasteiger charge is 2.14. The Morgan fingerprint density at radius 1 is 0.973 bits per heavy atom. The van der Waals surface area contributed by atoms with Gasteiger partial charge in [-0.25, -0.2) is 24.6 Å². The van der Waals surface area contributed by atoms with Crippen molar-refractivity contribution >= 4 is 28.9 Å². The van der Waals surface area contributed by atoms with Crippen molar-refractivity contribution in [3.05, 3.63) is 94.8 Å². The van der Waals surface area contributed by atoms with E-state index in [1.807, 2.05) is 13.8 Å². The maximum Gasteiger partial charge on any atom is 0.338 e. The van der Waals surface area contributed by atoms with Gasteiger partial charge >= 0.3 is 12.0 Å². The lowest BCUT2D eigenvalue weighted by atomic mass is 10.2. The van der Waals surface area contributed by atoms with Gasteiger partial charge in [-0.2, -0.15) is 0 Å². The Kier molecular flexibility index (Phi) is 7.99. The molecule has 3 aromatic carbocycles. The molecule has 10 nitrogen and oxygen atoms in total. The topological polar surface area (TPSA) is 124 Å². The van der Waals surface area contributed by atoms with E-state index in [9.17, 15) is 14.4 Å². The number of carbonyl (C=O) groups is 2. The summed E-state index contributed by atoms with van der Waals surface area (Å²) in [5, 5.41) is 3.00. The van der Waals surface area contributed by atoms with E-state index in [-0.39, 0.29) is 30.8 Å². The molecule has 4 aromatic rings. The molecule has 0 aliphatic heterocycles. The van der Waals surface area contributed by atoms with E-state index in [0.717, 1.165) is 0 Å². The highest BCUT2D eigenvalue weighted by molar-refractivity contribution is 5.89. The summed E-state index contributed by atoms with van der Waals surface area (Å²) >= 11 is 0. The van der Waals surface area contributed by atoms with Gasteiger partial charge in [0.25, 0.3) is 5.56 Å². The summed E-state index contributed by atoms with van der Waals surface area (Å²) in [4.78, 5) is 42.2. The summed E-state index contributed by atoms with van der Waals surface area (Å²) in [5.74, 6) is 0.222. The molecule has 0 spiro atoms. The molecule has 3 N–H and O–H groups in total. The number of aromatic nitrogens is 2. The Labute approximate surface area is 213 Å². The number of carbonyl (C=O) groups excluding carboxylic acids is 2. The van der Waals surface area contributed by atoms with Crippen molar-refractivity contribution in [3.63, 3.8) is 0 Å². The number of nitrogens with zero attached hydrogens (tertiary/aromatic N) is 2. The number of hydrogen-bond acceptors (Lipinski definition) is 7. The van der Waals surface area contributed by atoms with Crippen molar-refractivity contribution in [2.75, 3.05) is 18.6 Å². The maximum absolute atomic E-state index is 13.4. The van der Waals surface area contributed by atoms with Crippen LogP contribution in [0.3, 0.4) is 0 Å². The highest BCUT2D eigenvalue weighted by Crippen LogP contribution is 2.21. The van der Waals surface area contributed by atoms with Crippen molar-refractivity contribution in [1.82, 2.24) is 20.3 Å². The number of urea groups is 1. The van der Waals surface area contributed by atoms with Crippen LogP contribution in [0.15, 0.2) is 83.7 Å². The number of para-hydroxylation sites is 1. The Balaban J connectivity index is 1.46. The largest absolute Gasteiger partial charge is 0.491 e. The van der Waals surface area contributed by atoms with Crippen LogP contribution in [-0.2, 0) is 4.74 Å². The first-order valence-corrected chi connectivity index (χ1v) is 11.7. The summed E-state index contributed by atoms with van der Waals surface area (Å²) in [6.45, 7) is 3.89. The number of hydrogen-bond donors (Lipinski definition) is 3. The number of fused-ring (bicyclic) bond motifs is 1. The molecule has 2 amide bonds. The van der Waals surface area contributed by atoms with Crippen molar-refractivity contribution in [1.29, 1.82) is 0 Å². The fourth-order valence-corrected chi connectivity index (χ4v) is 3.55. The number of anilines is 1. The molecule has 0 saturated heterocycles. The number of hydrazine groups is 1. The van der Waals surface area contributed by atoms with Gasteiger partial charge in [0.1, 0.15) is 12.4 Å². The fourth-order valence-electron chi connectivity index (χ4n) is 3.55. The van der Waals surface area contributed by atoms with Gasteiger partial charge in [0.05, 0.1) is 34.8 Å². The zero-order chi connectivity index (χ0) is 26.2. The predicted octanol–water partition coefficient (Wildman–Crippen LogP) is 3.66. The summed E-state index contributed by atoms with van der Waals surface area (Å²) in [7, 11) is 0. The Morgan fingerprint density at radius 2 is 1.73 bits per heavy atom. The summed E-state index contributed by atoms with van der Waals surface area (Å²) in [6, 6.07) is 22.0. The average molecular weight is 502 g/mol. The number of benzene rings is 3. The van der Waals surface area contributed by atoms with Gasteiger partial charge in [-0.05, 0) is 50.2 Å². The zero-order valence-corrected chi connectivity index (χ0v) is 20.4. The number of nitrogens with one attached hydrogen (secondary N) is 3. The second-order valence-corrected chi connectivity index (χ2v) is 8.26. The first kappa shape index (κ1) is 25.2. The van der Waals surface area contributed by atoms with Gasteiger partial charge < -0.3 is 14.8 Å². The number of ether oxygens (including phenoxy) is 2. The second-order valence-electron chi connectivity index (χ2n) is 8.26. The molecule has 0 bridgehead atoms. The van der Waals surface area contributed by atoms with E-state index in [4.69, 9.17) is 9.47 Å². The molecule has 10 heteroatoms. The van der Waals surface area contributed by atoms with Gasteiger partial charge in [-0.3, -0.25) is 10.2 Å². The quantitative estimate of drug-likeness (QED) is 0.182. The molecule has 1 heterocycles.